The molecule has 0 amide bonds. The second kappa shape index (κ2) is 8.53. The maximum atomic E-state index is 12.6. The number of halogens is 3. The number of aromatic nitrogens is 2. The highest BCUT2D eigenvalue weighted by Crippen LogP contribution is 2.29. The standard InChI is InChI=1S/C20H19F3N4/c21-20(22,23)17-8-6-16(7-9-17)14-26-18-11-13-25-19(27-18)24-12-10-15-4-2-1-3-5-15/h1-9,11,13H,10,12,14H2,(H2,24,25,26,27). The molecule has 0 saturated carbocycles. The number of hydrogen-bond acceptors (Lipinski definition) is 4. The zero-order chi connectivity index (χ0) is 19.1. The molecule has 0 fully saturated rings. The Morgan fingerprint density at radius 3 is 2.26 bits per heavy atom. The van der Waals surface area contributed by atoms with Gasteiger partial charge >= 0.3 is 6.18 Å². The lowest BCUT2D eigenvalue weighted by Gasteiger charge is -2.10. The number of hydrogen-bond donors (Lipinski definition) is 2. The Bertz CT molecular complexity index is 849. The van der Waals surface area contributed by atoms with Crippen molar-refractivity contribution >= 4 is 11.8 Å². The second-order valence-electron chi connectivity index (χ2n) is 5.98. The molecule has 0 saturated heterocycles. The Balaban J connectivity index is 1.51. The summed E-state index contributed by atoms with van der Waals surface area (Å²) in [5, 5.41) is 6.26. The van der Waals surface area contributed by atoms with Gasteiger partial charge in [0.2, 0.25) is 5.95 Å². The van der Waals surface area contributed by atoms with Crippen LogP contribution >= 0.6 is 0 Å². The topological polar surface area (TPSA) is 49.8 Å². The molecule has 0 aliphatic carbocycles. The molecule has 1 aromatic heterocycles. The lowest BCUT2D eigenvalue weighted by atomic mass is 10.1. The first-order chi connectivity index (χ1) is 13.0. The highest BCUT2D eigenvalue weighted by atomic mass is 19.4. The van der Waals surface area contributed by atoms with Crippen molar-refractivity contribution in [1.29, 1.82) is 0 Å². The maximum absolute atomic E-state index is 12.6. The molecular weight excluding hydrogens is 353 g/mol. The van der Waals surface area contributed by atoms with Crippen molar-refractivity contribution in [2.75, 3.05) is 17.2 Å². The minimum Gasteiger partial charge on any atom is -0.366 e. The molecule has 0 atom stereocenters. The van der Waals surface area contributed by atoms with E-state index < -0.39 is 11.7 Å². The van der Waals surface area contributed by atoms with E-state index in [2.05, 4.69) is 32.7 Å². The average molecular weight is 372 g/mol. The molecule has 3 aromatic rings. The smallest absolute Gasteiger partial charge is 0.366 e. The summed E-state index contributed by atoms with van der Waals surface area (Å²) in [7, 11) is 0. The third-order valence-electron chi connectivity index (χ3n) is 3.95. The van der Waals surface area contributed by atoms with E-state index in [1.165, 1.54) is 17.7 Å². The van der Waals surface area contributed by atoms with Crippen molar-refractivity contribution in [1.82, 2.24) is 9.97 Å². The van der Waals surface area contributed by atoms with Crippen LogP contribution in [0.25, 0.3) is 0 Å². The summed E-state index contributed by atoms with van der Waals surface area (Å²) in [4.78, 5) is 8.54. The molecule has 140 valence electrons. The largest absolute Gasteiger partial charge is 0.416 e. The number of nitrogens with one attached hydrogen (secondary N) is 2. The normalized spacial score (nSPS) is 11.2. The highest BCUT2D eigenvalue weighted by molar-refractivity contribution is 5.40. The third-order valence-corrected chi connectivity index (χ3v) is 3.95. The Kier molecular flexibility index (Phi) is 5.90. The summed E-state index contributed by atoms with van der Waals surface area (Å²) in [6, 6.07) is 16.9. The fourth-order valence-electron chi connectivity index (χ4n) is 2.51. The predicted molar refractivity (Wildman–Crippen MR) is 99.4 cm³/mol. The first-order valence-electron chi connectivity index (χ1n) is 8.51. The number of benzene rings is 2. The lowest BCUT2D eigenvalue weighted by molar-refractivity contribution is -0.137. The zero-order valence-electron chi connectivity index (χ0n) is 14.5. The summed E-state index contributed by atoms with van der Waals surface area (Å²) in [6.45, 7) is 1.07. The predicted octanol–water partition coefficient (Wildman–Crippen LogP) is 4.76. The minimum atomic E-state index is -4.32. The molecule has 3 rings (SSSR count). The van der Waals surface area contributed by atoms with Gasteiger partial charge in [0.15, 0.2) is 0 Å². The quantitative estimate of drug-likeness (QED) is 0.628. The molecular formula is C20H19F3N4. The second-order valence-corrected chi connectivity index (χ2v) is 5.98. The molecule has 2 aromatic carbocycles. The van der Waals surface area contributed by atoms with E-state index in [0.717, 1.165) is 24.1 Å². The van der Waals surface area contributed by atoms with Crippen LogP contribution in [0.5, 0.6) is 0 Å². The van der Waals surface area contributed by atoms with Gasteiger partial charge in [0, 0.05) is 19.3 Å². The number of rotatable bonds is 7. The van der Waals surface area contributed by atoms with E-state index in [0.29, 0.717) is 24.9 Å². The highest BCUT2D eigenvalue weighted by Gasteiger charge is 2.29. The van der Waals surface area contributed by atoms with E-state index in [9.17, 15) is 13.2 Å². The van der Waals surface area contributed by atoms with Gasteiger partial charge in [0.05, 0.1) is 5.56 Å². The van der Waals surface area contributed by atoms with Gasteiger partial charge in [-0.3, -0.25) is 0 Å². The van der Waals surface area contributed by atoms with Crippen molar-refractivity contribution in [2.45, 2.75) is 19.1 Å². The molecule has 1 heterocycles. The van der Waals surface area contributed by atoms with Crippen molar-refractivity contribution in [3.8, 4) is 0 Å². The molecule has 2 N–H and O–H groups in total. The van der Waals surface area contributed by atoms with Crippen LogP contribution in [0.15, 0.2) is 66.9 Å². The first-order valence-corrected chi connectivity index (χ1v) is 8.51. The molecule has 0 radical (unpaired) electrons. The average Bonchev–Trinajstić information content (AvgIpc) is 2.67. The van der Waals surface area contributed by atoms with Crippen LogP contribution in [0.3, 0.4) is 0 Å². The number of nitrogens with zero attached hydrogens (tertiary/aromatic N) is 2. The van der Waals surface area contributed by atoms with Crippen LogP contribution in [0.1, 0.15) is 16.7 Å². The van der Waals surface area contributed by atoms with Gasteiger partial charge in [0.1, 0.15) is 5.82 Å². The van der Waals surface area contributed by atoms with Crippen molar-refractivity contribution < 1.29 is 13.2 Å². The maximum Gasteiger partial charge on any atom is 0.416 e. The molecule has 7 heteroatoms. The van der Waals surface area contributed by atoms with Gasteiger partial charge in [-0.2, -0.15) is 18.2 Å². The van der Waals surface area contributed by atoms with Crippen LogP contribution in [0.2, 0.25) is 0 Å². The molecule has 4 nitrogen and oxygen atoms in total. The van der Waals surface area contributed by atoms with Crippen molar-refractivity contribution in [3.05, 3.63) is 83.6 Å². The summed E-state index contributed by atoms with van der Waals surface area (Å²) >= 11 is 0. The fourth-order valence-corrected chi connectivity index (χ4v) is 2.51. The Hall–Kier alpha value is -3.09. The molecule has 0 unspecified atom stereocenters. The van der Waals surface area contributed by atoms with Crippen LogP contribution in [0.4, 0.5) is 24.9 Å². The Morgan fingerprint density at radius 2 is 1.56 bits per heavy atom. The Morgan fingerprint density at radius 1 is 0.815 bits per heavy atom. The third kappa shape index (κ3) is 5.70. The molecule has 27 heavy (non-hydrogen) atoms. The van der Waals surface area contributed by atoms with Crippen LogP contribution in [0, 0.1) is 0 Å². The van der Waals surface area contributed by atoms with E-state index in [1.54, 1.807) is 12.3 Å². The van der Waals surface area contributed by atoms with Gasteiger partial charge in [-0.05, 0) is 35.7 Å². The summed E-state index contributed by atoms with van der Waals surface area (Å²) in [5.74, 6) is 1.11. The first kappa shape index (κ1) is 18.7. The van der Waals surface area contributed by atoms with E-state index >= 15 is 0 Å². The van der Waals surface area contributed by atoms with Gasteiger partial charge in [-0.1, -0.05) is 42.5 Å². The van der Waals surface area contributed by atoms with Gasteiger partial charge in [0.25, 0.3) is 0 Å². The van der Waals surface area contributed by atoms with Crippen LogP contribution in [-0.4, -0.2) is 16.5 Å². The number of alkyl halides is 3. The van der Waals surface area contributed by atoms with E-state index in [4.69, 9.17) is 0 Å². The summed E-state index contributed by atoms with van der Waals surface area (Å²) in [5.41, 5.74) is 1.31. The monoisotopic (exact) mass is 372 g/mol. The van der Waals surface area contributed by atoms with Crippen LogP contribution < -0.4 is 10.6 Å². The van der Waals surface area contributed by atoms with Crippen LogP contribution in [-0.2, 0) is 19.1 Å². The van der Waals surface area contributed by atoms with Crippen molar-refractivity contribution in [2.24, 2.45) is 0 Å². The molecule has 0 aliphatic rings. The summed E-state index contributed by atoms with van der Waals surface area (Å²) in [6.07, 6.45) is -1.83. The SMILES string of the molecule is FC(F)(F)c1ccc(CNc2ccnc(NCCc3ccccc3)n2)cc1. The minimum absolute atomic E-state index is 0.374. The fraction of sp³-hybridized carbons (Fsp3) is 0.200. The van der Waals surface area contributed by atoms with Gasteiger partial charge in [-0.25, -0.2) is 4.98 Å². The lowest BCUT2D eigenvalue weighted by Crippen LogP contribution is -2.09. The van der Waals surface area contributed by atoms with Gasteiger partial charge < -0.3 is 10.6 Å². The molecule has 0 aliphatic heterocycles. The number of anilines is 2. The molecule has 0 spiro atoms. The van der Waals surface area contributed by atoms with E-state index in [-0.39, 0.29) is 0 Å². The van der Waals surface area contributed by atoms with Gasteiger partial charge in [-0.15, -0.1) is 0 Å². The van der Waals surface area contributed by atoms with Crippen molar-refractivity contribution in [3.63, 3.8) is 0 Å². The Labute approximate surface area is 155 Å². The zero-order valence-corrected chi connectivity index (χ0v) is 14.5. The summed E-state index contributed by atoms with van der Waals surface area (Å²) < 4.78 is 37.8. The molecule has 0 bridgehead atoms. The van der Waals surface area contributed by atoms with E-state index in [1.807, 2.05) is 18.2 Å².